The molecule has 0 fully saturated rings. The minimum absolute atomic E-state index is 0.144. The molecule has 20 heavy (non-hydrogen) atoms. The Kier molecular flexibility index (Phi) is 5.72. The van der Waals surface area contributed by atoms with E-state index in [4.69, 9.17) is 10.5 Å². The van der Waals surface area contributed by atoms with E-state index in [0.29, 0.717) is 5.56 Å². The summed E-state index contributed by atoms with van der Waals surface area (Å²) in [6.45, 7) is 3.95. The summed E-state index contributed by atoms with van der Waals surface area (Å²) in [5.41, 5.74) is 5.04. The van der Waals surface area contributed by atoms with Gasteiger partial charge in [0.05, 0.1) is 23.6 Å². The molecule has 3 N–H and O–H groups in total. The molecule has 6 heteroatoms. The van der Waals surface area contributed by atoms with Gasteiger partial charge in [-0.1, -0.05) is 24.0 Å². The average molecular weight is 296 g/mol. The van der Waals surface area contributed by atoms with Crippen molar-refractivity contribution in [2.45, 2.75) is 24.3 Å². The van der Waals surface area contributed by atoms with Crippen LogP contribution in [0.15, 0.2) is 29.2 Å². The zero-order valence-corrected chi connectivity index (χ0v) is 12.8. The zero-order valence-electron chi connectivity index (χ0n) is 11.9. The molecule has 0 atom stereocenters. The lowest BCUT2D eigenvalue weighted by molar-refractivity contribution is 0.141. The third-order valence-corrected chi connectivity index (χ3v) is 4.17. The van der Waals surface area contributed by atoms with Gasteiger partial charge >= 0.3 is 0 Å². The lowest BCUT2D eigenvalue weighted by Crippen LogP contribution is -2.46. The van der Waals surface area contributed by atoms with E-state index in [1.807, 2.05) is 0 Å². The molecular weight excluding hydrogens is 276 g/mol. The Morgan fingerprint density at radius 1 is 1.35 bits per heavy atom. The number of sulfonamides is 1. The van der Waals surface area contributed by atoms with Crippen LogP contribution in [0.4, 0.5) is 0 Å². The molecule has 5 nitrogen and oxygen atoms in total. The number of methoxy groups -OCH3 is 1. The number of benzene rings is 1. The van der Waals surface area contributed by atoms with Crippen LogP contribution in [0, 0.1) is 11.8 Å². The van der Waals surface area contributed by atoms with Gasteiger partial charge in [0.2, 0.25) is 10.0 Å². The molecule has 0 aliphatic rings. The van der Waals surface area contributed by atoms with Crippen molar-refractivity contribution in [3.63, 3.8) is 0 Å². The fourth-order valence-electron chi connectivity index (χ4n) is 1.76. The predicted octanol–water partition coefficient (Wildman–Crippen LogP) is 0.700. The molecule has 0 saturated heterocycles. The van der Waals surface area contributed by atoms with Crippen molar-refractivity contribution >= 4 is 10.0 Å². The van der Waals surface area contributed by atoms with Crippen molar-refractivity contribution in [1.82, 2.24) is 4.72 Å². The third-order valence-electron chi connectivity index (χ3n) is 2.42. The van der Waals surface area contributed by atoms with Gasteiger partial charge in [-0.05, 0) is 26.0 Å². The summed E-state index contributed by atoms with van der Waals surface area (Å²) in [5.74, 6) is 5.44. The first kappa shape index (κ1) is 16.7. The Morgan fingerprint density at radius 2 is 2.00 bits per heavy atom. The van der Waals surface area contributed by atoms with E-state index in [2.05, 4.69) is 16.6 Å². The minimum Gasteiger partial charge on any atom is -0.383 e. The molecule has 110 valence electrons. The van der Waals surface area contributed by atoms with E-state index in [1.165, 1.54) is 13.2 Å². The normalized spacial score (nSPS) is 11.8. The molecule has 0 amide bonds. The van der Waals surface area contributed by atoms with Gasteiger partial charge in [0.25, 0.3) is 0 Å². The van der Waals surface area contributed by atoms with Crippen molar-refractivity contribution in [2.24, 2.45) is 5.73 Å². The minimum atomic E-state index is -3.67. The molecule has 1 aromatic rings. The van der Waals surface area contributed by atoms with Crippen LogP contribution in [0.2, 0.25) is 0 Å². The van der Waals surface area contributed by atoms with Crippen LogP contribution in [0.25, 0.3) is 0 Å². The summed E-state index contributed by atoms with van der Waals surface area (Å²) in [4.78, 5) is 0.144. The molecule has 0 spiro atoms. The monoisotopic (exact) mass is 296 g/mol. The molecule has 0 heterocycles. The molecular formula is C14H20N2O3S. The summed E-state index contributed by atoms with van der Waals surface area (Å²) < 4.78 is 32.5. The van der Waals surface area contributed by atoms with E-state index in [0.717, 1.165) is 0 Å². The number of rotatable bonds is 5. The maximum Gasteiger partial charge on any atom is 0.242 e. The average Bonchev–Trinajstić information content (AvgIpc) is 2.35. The fourth-order valence-corrected chi connectivity index (χ4v) is 3.32. The number of ether oxygens (including phenoxy) is 1. The first-order chi connectivity index (χ1) is 9.32. The molecule has 0 aromatic heterocycles. The summed E-state index contributed by atoms with van der Waals surface area (Å²) in [6.07, 6.45) is 0. The van der Waals surface area contributed by atoms with Crippen molar-refractivity contribution in [3.05, 3.63) is 29.8 Å². The molecule has 1 aromatic carbocycles. The van der Waals surface area contributed by atoms with Gasteiger partial charge in [0.1, 0.15) is 0 Å². The molecule has 0 bridgehead atoms. The zero-order chi connectivity index (χ0) is 15.2. The maximum absolute atomic E-state index is 12.4. The standard InChI is InChI=1S/C14H20N2O3S/c1-14(2,11-19-3)16-20(17,18)13-9-5-4-7-12(13)8-6-10-15/h4-5,7,9,16H,10-11,15H2,1-3H3. The van der Waals surface area contributed by atoms with E-state index in [9.17, 15) is 8.42 Å². The quantitative estimate of drug-likeness (QED) is 0.784. The number of hydrogen-bond acceptors (Lipinski definition) is 4. The molecule has 0 aliphatic heterocycles. The topological polar surface area (TPSA) is 81.4 Å². The highest BCUT2D eigenvalue weighted by atomic mass is 32.2. The number of nitrogens with two attached hydrogens (primary N) is 1. The Bertz CT molecular complexity index is 613. The molecule has 0 unspecified atom stereocenters. The Balaban J connectivity index is 3.16. The number of hydrogen-bond donors (Lipinski definition) is 2. The van der Waals surface area contributed by atoms with Gasteiger partial charge in [-0.25, -0.2) is 13.1 Å². The van der Waals surface area contributed by atoms with Crippen LogP contribution >= 0.6 is 0 Å². The van der Waals surface area contributed by atoms with Crippen LogP contribution in [0.5, 0.6) is 0 Å². The maximum atomic E-state index is 12.4. The van der Waals surface area contributed by atoms with E-state index >= 15 is 0 Å². The molecule has 0 radical (unpaired) electrons. The van der Waals surface area contributed by atoms with Gasteiger partial charge in [-0.2, -0.15) is 0 Å². The Hall–Kier alpha value is -1.39. The first-order valence-electron chi connectivity index (χ1n) is 6.13. The van der Waals surface area contributed by atoms with Crippen molar-refractivity contribution < 1.29 is 13.2 Å². The SMILES string of the molecule is COCC(C)(C)NS(=O)(=O)c1ccccc1C#CCN. The molecule has 1 rings (SSSR count). The number of nitrogens with one attached hydrogen (secondary N) is 1. The lowest BCUT2D eigenvalue weighted by Gasteiger charge is -2.25. The summed E-state index contributed by atoms with van der Waals surface area (Å²) >= 11 is 0. The van der Waals surface area contributed by atoms with Gasteiger partial charge in [0.15, 0.2) is 0 Å². The second-order valence-electron chi connectivity index (χ2n) is 4.92. The summed E-state index contributed by atoms with van der Waals surface area (Å²) in [5, 5.41) is 0. The highest BCUT2D eigenvalue weighted by molar-refractivity contribution is 7.89. The van der Waals surface area contributed by atoms with Crippen molar-refractivity contribution in [1.29, 1.82) is 0 Å². The van der Waals surface area contributed by atoms with Gasteiger partial charge < -0.3 is 10.5 Å². The van der Waals surface area contributed by atoms with Crippen molar-refractivity contribution in [3.8, 4) is 11.8 Å². The predicted molar refractivity (Wildman–Crippen MR) is 78.7 cm³/mol. The van der Waals surface area contributed by atoms with Crippen LogP contribution < -0.4 is 10.5 Å². The van der Waals surface area contributed by atoms with Crippen LogP contribution in [-0.4, -0.2) is 34.2 Å². The van der Waals surface area contributed by atoms with Crippen LogP contribution in [0.1, 0.15) is 19.4 Å². The molecule has 0 saturated carbocycles. The lowest BCUT2D eigenvalue weighted by atomic mass is 10.1. The van der Waals surface area contributed by atoms with Gasteiger partial charge in [-0.3, -0.25) is 0 Å². The van der Waals surface area contributed by atoms with Crippen LogP contribution in [0.3, 0.4) is 0 Å². The van der Waals surface area contributed by atoms with E-state index < -0.39 is 15.6 Å². The Morgan fingerprint density at radius 3 is 2.60 bits per heavy atom. The van der Waals surface area contributed by atoms with Gasteiger partial charge in [-0.15, -0.1) is 0 Å². The Labute approximate surface area is 120 Å². The first-order valence-corrected chi connectivity index (χ1v) is 7.61. The third kappa shape index (κ3) is 4.62. The van der Waals surface area contributed by atoms with E-state index in [-0.39, 0.29) is 18.0 Å². The van der Waals surface area contributed by atoms with Gasteiger partial charge in [0, 0.05) is 12.7 Å². The molecule has 0 aliphatic carbocycles. The highest BCUT2D eigenvalue weighted by Gasteiger charge is 2.27. The second kappa shape index (κ2) is 6.86. The van der Waals surface area contributed by atoms with E-state index in [1.54, 1.807) is 32.0 Å². The second-order valence-corrected chi connectivity index (χ2v) is 6.58. The van der Waals surface area contributed by atoms with Crippen LogP contribution in [-0.2, 0) is 14.8 Å². The summed E-state index contributed by atoms with van der Waals surface area (Å²) in [7, 11) is -2.15. The largest absolute Gasteiger partial charge is 0.383 e. The summed E-state index contributed by atoms with van der Waals surface area (Å²) in [6, 6.07) is 6.57. The smallest absolute Gasteiger partial charge is 0.242 e. The van der Waals surface area contributed by atoms with Crippen molar-refractivity contribution in [2.75, 3.05) is 20.3 Å². The highest BCUT2D eigenvalue weighted by Crippen LogP contribution is 2.17. The fraction of sp³-hybridized carbons (Fsp3) is 0.429.